The number of nitrogens with zero attached hydrogens (tertiary/aromatic N) is 3. The lowest BCUT2D eigenvalue weighted by atomic mass is 9.91. The summed E-state index contributed by atoms with van der Waals surface area (Å²) < 4.78 is -0.0620. The zero-order valence-electron chi connectivity index (χ0n) is 27.6. The van der Waals surface area contributed by atoms with Crippen LogP contribution in [0.1, 0.15) is 57.1 Å². The molecule has 47 heavy (non-hydrogen) atoms. The maximum Gasteiger partial charge on any atom is 0.370 e. The Morgan fingerprint density at radius 3 is 2.51 bits per heavy atom. The van der Waals surface area contributed by atoms with Gasteiger partial charge < -0.3 is 21.5 Å². The molecule has 5 heterocycles. The van der Waals surface area contributed by atoms with E-state index < -0.39 is 29.8 Å². The predicted octanol–water partition coefficient (Wildman–Crippen LogP) is 1.48. The molecule has 4 amide bonds. The van der Waals surface area contributed by atoms with Crippen molar-refractivity contribution in [3.63, 3.8) is 0 Å². The normalized spacial score (nSPS) is 35.7. The molecule has 12 nitrogen and oxygen atoms in total. The molecule has 252 valence electrons. The fraction of sp³-hybridized carbons (Fsp3) is 0.588. The van der Waals surface area contributed by atoms with Crippen molar-refractivity contribution in [2.24, 2.45) is 23.7 Å². The number of Topliss-reactive ketones (excluding diaryl/α,β-unsaturated/α-hetero) is 1. The maximum absolute atomic E-state index is 15.0. The lowest BCUT2D eigenvalue weighted by molar-refractivity contribution is -0.809. The number of hydrogen-bond acceptors (Lipinski definition) is 9. The number of carbonyl (C=O) groups excluding carboxylic acids is 5. The first-order chi connectivity index (χ1) is 22.3. The van der Waals surface area contributed by atoms with Gasteiger partial charge in [0.15, 0.2) is 41.1 Å². The smallest absolute Gasteiger partial charge is 0.370 e. The van der Waals surface area contributed by atoms with Crippen LogP contribution in [0.25, 0.3) is 0 Å². The number of thiazole rings is 1. The van der Waals surface area contributed by atoms with Crippen LogP contribution in [0.3, 0.4) is 0 Å². The van der Waals surface area contributed by atoms with E-state index in [2.05, 4.69) is 22.5 Å². The second kappa shape index (κ2) is 12.2. The third kappa shape index (κ3) is 5.41. The molecular formula is C34H46N6O6S+2. The number of ketones is 1. The van der Waals surface area contributed by atoms with E-state index in [0.29, 0.717) is 18.8 Å². The number of carbonyl (C=O) groups is 5. The first kappa shape index (κ1) is 33.4. The van der Waals surface area contributed by atoms with Crippen LogP contribution < -0.4 is 16.4 Å². The summed E-state index contributed by atoms with van der Waals surface area (Å²) in [7, 11) is 0. The third-order valence-corrected chi connectivity index (χ3v) is 11.9. The Morgan fingerprint density at radius 2 is 1.87 bits per heavy atom. The van der Waals surface area contributed by atoms with Crippen molar-refractivity contribution >= 4 is 45.9 Å². The summed E-state index contributed by atoms with van der Waals surface area (Å²) in [5.74, 6) is -1.45. The number of aliphatic hydroxyl groups is 1. The van der Waals surface area contributed by atoms with Crippen LogP contribution in [-0.2, 0) is 19.2 Å². The standard InChI is InChI=1S/C34H44N6O6S/c1-17(2)11-23(31(44)20(5)16-41)40(22-10-8-6-7-9-18(3)28(22)40)26(43)15-39-29-27(30(29)39)19(4)12-21(33(39)46)38-25(42)14-36-32(45)24-13-37-34(35)47-24/h6-10,13,17,19-23,27-30,41H,11-12,14-16H2,1-5H3,(H2-2,35,36,37,38,42,45)/p+2. The van der Waals surface area contributed by atoms with Gasteiger partial charge in [0.05, 0.1) is 25.3 Å². The zero-order valence-corrected chi connectivity index (χ0v) is 28.4. The molecule has 13 heteroatoms. The summed E-state index contributed by atoms with van der Waals surface area (Å²) in [5, 5.41) is 15.6. The van der Waals surface area contributed by atoms with Crippen LogP contribution in [0.15, 0.2) is 42.2 Å². The minimum Gasteiger partial charge on any atom is -0.396 e. The third-order valence-electron chi connectivity index (χ3n) is 11.1. The van der Waals surface area contributed by atoms with Crippen LogP contribution in [-0.4, -0.2) is 104 Å². The highest BCUT2D eigenvalue weighted by Crippen LogP contribution is 2.70. The van der Waals surface area contributed by atoms with E-state index in [1.54, 1.807) is 6.92 Å². The van der Waals surface area contributed by atoms with Crippen LogP contribution in [0.2, 0.25) is 0 Å². The van der Waals surface area contributed by atoms with Crippen molar-refractivity contribution in [3.8, 4) is 0 Å². The molecule has 5 N–H and O–H groups in total. The van der Waals surface area contributed by atoms with Gasteiger partial charge in [-0.2, -0.15) is 0 Å². The molecule has 1 aromatic rings. The molecule has 7 rings (SSSR count). The highest BCUT2D eigenvalue weighted by molar-refractivity contribution is 7.17. The Labute approximate surface area is 278 Å². The largest absolute Gasteiger partial charge is 0.396 e. The monoisotopic (exact) mass is 666 g/mol. The summed E-state index contributed by atoms with van der Waals surface area (Å²) in [6.45, 7) is 9.19. The Hall–Kier alpha value is -3.52. The topological polar surface area (TPSA) is 169 Å². The summed E-state index contributed by atoms with van der Waals surface area (Å²) in [5.41, 5.74) is 6.61. The fourth-order valence-electron chi connectivity index (χ4n) is 8.83. The molecule has 2 aliphatic carbocycles. The SMILES string of the molecule is CC1=CC=CC=CC2C1[N+]2(C(=O)C[N+]12C(=O)C(NC(=O)CNC(=O)c3cnc(N)s3)CC(C)C3C1C32)C(CC(C)C)C(=O)C(C)CO. The second-order valence-corrected chi connectivity index (χ2v) is 15.6. The van der Waals surface area contributed by atoms with Crippen molar-refractivity contribution in [1.82, 2.24) is 15.6 Å². The van der Waals surface area contributed by atoms with Gasteiger partial charge in [-0.3, -0.25) is 14.4 Å². The summed E-state index contributed by atoms with van der Waals surface area (Å²) >= 11 is 1.01. The average molecular weight is 667 g/mol. The molecule has 2 bridgehead atoms. The first-order valence-corrected chi connectivity index (χ1v) is 17.4. The van der Waals surface area contributed by atoms with E-state index in [1.165, 1.54) is 6.20 Å². The molecule has 4 aliphatic heterocycles. The molecule has 1 aromatic heterocycles. The highest BCUT2D eigenvalue weighted by atomic mass is 32.1. The van der Waals surface area contributed by atoms with Crippen LogP contribution in [0, 0.1) is 23.7 Å². The minimum absolute atomic E-state index is 0.00754. The van der Waals surface area contributed by atoms with Crippen LogP contribution >= 0.6 is 11.3 Å². The fourth-order valence-corrected chi connectivity index (χ4v) is 9.43. The van der Waals surface area contributed by atoms with Crippen LogP contribution in [0.4, 0.5) is 5.13 Å². The van der Waals surface area contributed by atoms with Crippen molar-refractivity contribution in [2.45, 2.75) is 83.7 Å². The van der Waals surface area contributed by atoms with Gasteiger partial charge in [0.1, 0.15) is 10.9 Å². The van der Waals surface area contributed by atoms with Gasteiger partial charge in [-0.25, -0.2) is 23.5 Å². The molecule has 1 saturated carbocycles. The van der Waals surface area contributed by atoms with Crippen molar-refractivity contribution < 1.29 is 38.0 Å². The van der Waals surface area contributed by atoms with Gasteiger partial charge >= 0.3 is 11.8 Å². The summed E-state index contributed by atoms with van der Waals surface area (Å²) in [6.07, 6.45) is 12.1. The number of hydrogen-bond donors (Lipinski definition) is 4. The highest BCUT2D eigenvalue weighted by Gasteiger charge is 2.95. The summed E-state index contributed by atoms with van der Waals surface area (Å²) in [4.78, 5) is 72.9. The number of aliphatic hydroxyl groups excluding tert-OH is 1. The van der Waals surface area contributed by atoms with Crippen LogP contribution in [0.5, 0.6) is 0 Å². The predicted molar refractivity (Wildman–Crippen MR) is 175 cm³/mol. The molecule has 5 fully saturated rings. The summed E-state index contributed by atoms with van der Waals surface area (Å²) in [6, 6.07) is -1.87. The average Bonchev–Trinajstić information content (AvgIpc) is 3.96. The number of nitrogen functional groups attached to an aromatic ring is 1. The maximum atomic E-state index is 15.0. The van der Waals surface area contributed by atoms with E-state index in [9.17, 15) is 29.1 Å². The van der Waals surface area contributed by atoms with E-state index in [-0.39, 0.29) is 92.3 Å². The van der Waals surface area contributed by atoms with Gasteiger partial charge in [0.25, 0.3) is 5.91 Å². The molecule has 0 radical (unpaired) electrons. The molecule has 9 atom stereocenters. The first-order valence-electron chi connectivity index (χ1n) is 16.6. The van der Waals surface area contributed by atoms with E-state index >= 15 is 0 Å². The molecule has 4 saturated heterocycles. The molecule has 6 aliphatic rings. The van der Waals surface area contributed by atoms with Gasteiger partial charge in [0.2, 0.25) is 12.5 Å². The van der Waals surface area contributed by atoms with Crippen molar-refractivity contribution in [2.75, 3.05) is 25.4 Å². The van der Waals surface area contributed by atoms with E-state index in [0.717, 1.165) is 16.9 Å². The molecule has 0 spiro atoms. The molecule has 9 unspecified atom stereocenters. The quantitative estimate of drug-likeness (QED) is 0.192. The van der Waals surface area contributed by atoms with Gasteiger partial charge in [0, 0.05) is 12.3 Å². The van der Waals surface area contributed by atoms with Gasteiger partial charge in [-0.05, 0) is 36.8 Å². The Kier molecular flexibility index (Phi) is 8.65. The molecular weight excluding hydrogens is 620 g/mol. The van der Waals surface area contributed by atoms with E-state index in [4.69, 9.17) is 5.73 Å². The number of anilines is 1. The number of allylic oxidation sites excluding steroid dienone is 4. The Morgan fingerprint density at radius 1 is 1.15 bits per heavy atom. The lowest BCUT2D eigenvalue weighted by Crippen LogP contribution is -2.61. The lowest BCUT2D eigenvalue weighted by Gasteiger charge is -2.33. The Bertz CT molecular complexity index is 1590. The number of nitrogens with one attached hydrogen (secondary N) is 2. The molecule has 0 aromatic carbocycles. The number of fused-ring (bicyclic) bond motifs is 4. The van der Waals surface area contributed by atoms with Crippen molar-refractivity contribution in [3.05, 3.63) is 47.0 Å². The number of rotatable bonds is 12. The number of amides is 4. The second-order valence-electron chi connectivity index (χ2n) is 14.5. The van der Waals surface area contributed by atoms with Crippen molar-refractivity contribution in [1.29, 1.82) is 0 Å². The Balaban J connectivity index is 1.25. The minimum atomic E-state index is -0.800. The number of quaternary nitrogens is 2. The number of nitrogens with two attached hydrogens (primary N) is 1. The zero-order chi connectivity index (χ0) is 34.0. The van der Waals surface area contributed by atoms with Gasteiger partial charge in [-0.15, -0.1) is 0 Å². The van der Waals surface area contributed by atoms with E-state index in [1.807, 2.05) is 51.2 Å². The number of aromatic nitrogens is 1. The van der Waals surface area contributed by atoms with Gasteiger partial charge in [-0.1, -0.05) is 63.3 Å².